The van der Waals surface area contributed by atoms with E-state index in [0.717, 1.165) is 19.3 Å². The van der Waals surface area contributed by atoms with Crippen LogP contribution in [0.3, 0.4) is 0 Å². The Morgan fingerprint density at radius 2 is 2.09 bits per heavy atom. The van der Waals surface area contributed by atoms with Crippen LogP contribution in [0.1, 0.15) is 48.5 Å². The third-order valence-corrected chi connectivity index (χ3v) is 6.71. The van der Waals surface area contributed by atoms with Gasteiger partial charge in [-0.2, -0.15) is 9.61 Å². The van der Waals surface area contributed by atoms with Gasteiger partial charge in [-0.1, -0.05) is 0 Å². The third-order valence-electron chi connectivity index (χ3n) is 6.71. The van der Waals surface area contributed by atoms with E-state index in [4.69, 9.17) is 4.74 Å². The van der Waals surface area contributed by atoms with Crippen molar-refractivity contribution < 1.29 is 13.9 Å². The summed E-state index contributed by atoms with van der Waals surface area (Å²) in [5.41, 5.74) is 0.789. The molecule has 0 spiro atoms. The van der Waals surface area contributed by atoms with Gasteiger partial charge in [-0.05, 0) is 44.2 Å². The quantitative estimate of drug-likeness (QED) is 0.487. The van der Waals surface area contributed by atoms with Crippen molar-refractivity contribution in [3.63, 3.8) is 0 Å². The molecule has 3 aromatic rings. The molecular formula is C23H28FN7O3. The Labute approximate surface area is 195 Å². The zero-order valence-electron chi connectivity index (χ0n) is 19.1. The average Bonchev–Trinajstić information content (AvgIpc) is 3.45. The molecule has 0 aromatic carbocycles. The van der Waals surface area contributed by atoms with Crippen molar-refractivity contribution in [1.82, 2.24) is 24.5 Å². The SMILES string of the molecule is CNc1cc(Nc2cccn([C@H]3C[C@H](F)C3)c2=O)nc2c(C(=O)NC3CC[C@H](OC)C3)cnn12. The molecule has 2 fully saturated rings. The molecule has 0 aliphatic heterocycles. The van der Waals surface area contributed by atoms with Gasteiger partial charge in [0.1, 0.15) is 29.1 Å². The zero-order chi connectivity index (χ0) is 23.8. The third kappa shape index (κ3) is 4.11. The van der Waals surface area contributed by atoms with Crippen LogP contribution < -0.4 is 21.5 Å². The molecule has 2 saturated carbocycles. The summed E-state index contributed by atoms with van der Waals surface area (Å²) in [5, 5.41) is 13.5. The summed E-state index contributed by atoms with van der Waals surface area (Å²) in [5.74, 6) is 0.734. The number of carbonyl (C=O) groups is 1. The number of halogens is 1. The summed E-state index contributed by atoms with van der Waals surface area (Å²) >= 11 is 0. The fraction of sp³-hybridized carbons (Fsp3) is 0.478. The highest BCUT2D eigenvalue weighted by Gasteiger charge is 2.31. The first-order valence-electron chi connectivity index (χ1n) is 11.5. The number of aromatic nitrogens is 4. The van der Waals surface area contributed by atoms with E-state index < -0.39 is 6.17 Å². The molecule has 3 aromatic heterocycles. The minimum atomic E-state index is -0.855. The van der Waals surface area contributed by atoms with Gasteiger partial charge >= 0.3 is 0 Å². The van der Waals surface area contributed by atoms with Gasteiger partial charge in [-0.25, -0.2) is 9.37 Å². The predicted molar refractivity (Wildman–Crippen MR) is 126 cm³/mol. The van der Waals surface area contributed by atoms with Gasteiger partial charge in [-0.15, -0.1) is 0 Å². The van der Waals surface area contributed by atoms with Gasteiger partial charge in [0.25, 0.3) is 11.5 Å². The van der Waals surface area contributed by atoms with E-state index in [2.05, 4.69) is 26.0 Å². The Morgan fingerprint density at radius 3 is 2.79 bits per heavy atom. The molecule has 3 N–H and O–H groups in total. The lowest BCUT2D eigenvalue weighted by molar-refractivity contribution is 0.0916. The maximum atomic E-state index is 13.3. The molecule has 11 heteroatoms. The molecule has 3 heterocycles. The smallest absolute Gasteiger partial charge is 0.274 e. The van der Waals surface area contributed by atoms with Crippen molar-refractivity contribution in [2.45, 2.75) is 56.5 Å². The minimum Gasteiger partial charge on any atom is -0.381 e. The number of methoxy groups -OCH3 is 1. The molecule has 1 unspecified atom stereocenters. The van der Waals surface area contributed by atoms with Gasteiger partial charge in [0, 0.05) is 38.5 Å². The Kier molecular flexibility index (Phi) is 5.94. The number of nitrogens with zero attached hydrogens (tertiary/aromatic N) is 4. The first-order valence-corrected chi connectivity index (χ1v) is 11.5. The number of carbonyl (C=O) groups excluding carboxylic acids is 1. The molecule has 1 amide bonds. The van der Waals surface area contributed by atoms with E-state index >= 15 is 0 Å². The van der Waals surface area contributed by atoms with Crippen LogP contribution in [0.5, 0.6) is 0 Å². The monoisotopic (exact) mass is 469 g/mol. The Bertz CT molecular complexity index is 1270. The molecular weight excluding hydrogens is 441 g/mol. The highest BCUT2D eigenvalue weighted by Crippen LogP contribution is 2.33. The second-order valence-electron chi connectivity index (χ2n) is 8.89. The topological polar surface area (TPSA) is 115 Å². The van der Waals surface area contributed by atoms with E-state index in [1.807, 2.05) is 0 Å². The van der Waals surface area contributed by atoms with Crippen LogP contribution >= 0.6 is 0 Å². The molecule has 2 atom stereocenters. The maximum absolute atomic E-state index is 13.3. The number of pyridine rings is 1. The van der Waals surface area contributed by atoms with Crippen molar-refractivity contribution in [3.05, 3.63) is 46.5 Å². The summed E-state index contributed by atoms with van der Waals surface area (Å²) in [7, 11) is 3.42. The highest BCUT2D eigenvalue weighted by molar-refractivity contribution is 6.00. The van der Waals surface area contributed by atoms with Crippen LogP contribution in [0.2, 0.25) is 0 Å². The summed E-state index contributed by atoms with van der Waals surface area (Å²) in [6.07, 6.45) is 5.70. The Morgan fingerprint density at radius 1 is 1.26 bits per heavy atom. The zero-order valence-corrected chi connectivity index (χ0v) is 19.1. The minimum absolute atomic E-state index is 0.0377. The summed E-state index contributed by atoms with van der Waals surface area (Å²) < 4.78 is 21.8. The van der Waals surface area contributed by atoms with Crippen molar-refractivity contribution in [2.75, 3.05) is 24.8 Å². The van der Waals surface area contributed by atoms with Crippen molar-refractivity contribution in [3.8, 4) is 0 Å². The summed E-state index contributed by atoms with van der Waals surface area (Å²) in [6.45, 7) is 0. The molecule has 34 heavy (non-hydrogen) atoms. The van der Waals surface area contributed by atoms with E-state index in [-0.39, 0.29) is 29.7 Å². The first kappa shape index (κ1) is 22.3. The second kappa shape index (κ2) is 9.05. The molecule has 0 bridgehead atoms. The lowest BCUT2D eigenvalue weighted by Crippen LogP contribution is -2.35. The molecule has 0 radical (unpaired) electrons. The van der Waals surface area contributed by atoms with Crippen molar-refractivity contribution in [2.24, 2.45) is 0 Å². The van der Waals surface area contributed by atoms with Crippen molar-refractivity contribution in [1.29, 1.82) is 0 Å². The highest BCUT2D eigenvalue weighted by atomic mass is 19.1. The number of rotatable bonds is 7. The number of amides is 1. The number of fused-ring (bicyclic) bond motifs is 1. The lowest BCUT2D eigenvalue weighted by atomic mass is 9.90. The number of hydrogen-bond acceptors (Lipinski definition) is 7. The van der Waals surface area contributed by atoms with Crippen LogP contribution in [-0.4, -0.2) is 57.5 Å². The fourth-order valence-corrected chi connectivity index (χ4v) is 4.69. The first-order chi connectivity index (χ1) is 16.5. The van der Waals surface area contributed by atoms with Gasteiger partial charge in [0.15, 0.2) is 5.65 Å². The number of alkyl halides is 1. The molecule has 180 valence electrons. The van der Waals surface area contributed by atoms with E-state index in [1.165, 1.54) is 6.20 Å². The standard InChI is InChI=1S/C23H28FN7O3/c1-25-20-11-19(28-18-4-3-7-30(23(18)33)15-8-13(24)9-15)29-21-17(12-26-31(20)21)22(32)27-14-5-6-16(10-14)34-2/h3-4,7,11-16,25H,5-6,8-10H2,1-2H3,(H,27,32)(H,28,29)/t13-,14?,15-,16-/m0/s1. The fourth-order valence-electron chi connectivity index (χ4n) is 4.69. The van der Waals surface area contributed by atoms with Crippen LogP contribution in [0, 0.1) is 0 Å². The normalized spacial score (nSPS) is 24.1. The number of ether oxygens (including phenoxy) is 1. The van der Waals surface area contributed by atoms with E-state index in [1.54, 1.807) is 47.6 Å². The van der Waals surface area contributed by atoms with E-state index in [9.17, 15) is 14.0 Å². The molecule has 5 rings (SSSR count). The van der Waals surface area contributed by atoms with E-state index in [0.29, 0.717) is 41.4 Å². The van der Waals surface area contributed by atoms with Gasteiger partial charge in [0.2, 0.25) is 0 Å². The number of anilines is 3. The summed E-state index contributed by atoms with van der Waals surface area (Å²) in [6, 6.07) is 5.02. The largest absolute Gasteiger partial charge is 0.381 e. The lowest BCUT2D eigenvalue weighted by Gasteiger charge is -2.31. The molecule has 10 nitrogen and oxygen atoms in total. The Hall–Kier alpha value is -3.47. The van der Waals surface area contributed by atoms with Crippen LogP contribution in [0.4, 0.5) is 21.7 Å². The second-order valence-corrected chi connectivity index (χ2v) is 8.89. The van der Waals surface area contributed by atoms with Gasteiger partial charge in [-0.3, -0.25) is 9.59 Å². The number of nitrogens with one attached hydrogen (secondary N) is 3. The molecule has 2 aliphatic carbocycles. The molecule has 0 saturated heterocycles. The molecule has 2 aliphatic rings. The predicted octanol–water partition coefficient (Wildman–Crippen LogP) is 2.65. The summed E-state index contributed by atoms with van der Waals surface area (Å²) in [4.78, 5) is 30.5. The average molecular weight is 470 g/mol. The number of hydrogen-bond donors (Lipinski definition) is 3. The maximum Gasteiger partial charge on any atom is 0.274 e. The Balaban J connectivity index is 1.42. The van der Waals surface area contributed by atoms with Gasteiger partial charge < -0.3 is 25.3 Å². The van der Waals surface area contributed by atoms with Crippen LogP contribution in [0.15, 0.2) is 35.4 Å². The van der Waals surface area contributed by atoms with Crippen molar-refractivity contribution >= 4 is 28.9 Å². The van der Waals surface area contributed by atoms with Crippen LogP contribution in [-0.2, 0) is 4.74 Å². The van der Waals surface area contributed by atoms with Crippen LogP contribution in [0.25, 0.3) is 5.65 Å². The van der Waals surface area contributed by atoms with Gasteiger partial charge in [0.05, 0.1) is 12.3 Å².